The number of hydrogen-bond donors (Lipinski definition) is 3. The molecule has 0 spiro atoms. The number of nitrogens with one attached hydrogen (secondary N) is 2. The van der Waals surface area contributed by atoms with Crippen LogP contribution in [-0.4, -0.2) is 59.2 Å². The van der Waals surface area contributed by atoms with Gasteiger partial charge in [0.25, 0.3) is 11.8 Å². The molecule has 0 aromatic carbocycles. The molecule has 1 heterocycles. The summed E-state index contributed by atoms with van der Waals surface area (Å²) < 4.78 is 12.1. The molecule has 0 aromatic rings. The van der Waals surface area contributed by atoms with E-state index in [1.54, 1.807) is 13.8 Å². The van der Waals surface area contributed by atoms with E-state index in [4.69, 9.17) is 5.11 Å². The average molecular weight is 335 g/mol. The van der Waals surface area contributed by atoms with Crippen molar-refractivity contribution in [2.24, 2.45) is 0 Å². The number of carbonyl (C=O) groups is 3. The monoisotopic (exact) mass is 335 g/mol. The first-order valence-electron chi connectivity index (χ1n) is 6.75. The van der Waals surface area contributed by atoms with Gasteiger partial charge >= 0.3 is 5.97 Å². The Bertz CT molecular complexity index is 441. The van der Waals surface area contributed by atoms with Gasteiger partial charge in [-0.25, -0.2) is 0 Å². The van der Waals surface area contributed by atoms with Crippen molar-refractivity contribution in [2.45, 2.75) is 32.9 Å². The first-order valence-corrected chi connectivity index (χ1v) is 7.74. The maximum Gasteiger partial charge on any atom is 0.324 e. The number of nitrogens with zero attached hydrogens (tertiary/aromatic N) is 1. The van der Waals surface area contributed by atoms with Crippen LogP contribution in [0.15, 0.2) is 11.0 Å². The Kier molecular flexibility index (Phi) is 9.63. The average Bonchev–Trinajstić information content (AvgIpc) is 2.74. The Labute approximate surface area is 133 Å². The van der Waals surface area contributed by atoms with Gasteiger partial charge in [-0.2, -0.15) is 0 Å². The highest BCUT2D eigenvalue weighted by Gasteiger charge is 2.33. The fraction of sp³-hybridized carbons (Fsp3) is 0.615. The molecule has 0 saturated carbocycles. The predicted molar refractivity (Wildman–Crippen MR) is 82.8 cm³/mol. The van der Waals surface area contributed by atoms with E-state index in [0.29, 0.717) is 0 Å². The zero-order valence-electron chi connectivity index (χ0n) is 13.1. The van der Waals surface area contributed by atoms with Crippen LogP contribution in [0.4, 0.5) is 4.48 Å². The van der Waals surface area contributed by atoms with Gasteiger partial charge in [-0.3, -0.25) is 19.3 Å². The van der Waals surface area contributed by atoms with Gasteiger partial charge in [-0.15, -0.1) is 21.8 Å². The summed E-state index contributed by atoms with van der Waals surface area (Å²) in [7, 11) is 1.93. The first-order chi connectivity index (χ1) is 10.3. The van der Waals surface area contributed by atoms with Gasteiger partial charge in [0.1, 0.15) is 6.04 Å². The van der Waals surface area contributed by atoms with Gasteiger partial charge in [-0.05, 0) is 27.4 Å². The Morgan fingerprint density at radius 2 is 2.00 bits per heavy atom. The molecule has 1 atom stereocenters. The Morgan fingerprint density at radius 3 is 2.32 bits per heavy atom. The lowest BCUT2D eigenvalue weighted by atomic mass is 10.3. The number of thioether (sulfide) groups is 1. The molecule has 1 aliphatic rings. The van der Waals surface area contributed by atoms with Crippen LogP contribution in [-0.2, 0) is 14.4 Å². The maximum atomic E-state index is 12.1. The van der Waals surface area contributed by atoms with Crippen molar-refractivity contribution < 1.29 is 24.0 Å². The Hall–Kier alpha value is -1.45. The van der Waals surface area contributed by atoms with E-state index in [9.17, 15) is 18.9 Å². The molecule has 9 heteroatoms. The van der Waals surface area contributed by atoms with Crippen molar-refractivity contribution in [3.63, 3.8) is 0 Å². The van der Waals surface area contributed by atoms with Crippen molar-refractivity contribution in [2.75, 3.05) is 19.3 Å². The molecule has 0 aliphatic carbocycles. The molecule has 2 amide bonds. The van der Waals surface area contributed by atoms with Crippen LogP contribution in [0.3, 0.4) is 0 Å². The fourth-order valence-corrected chi connectivity index (χ4v) is 2.33. The van der Waals surface area contributed by atoms with Crippen LogP contribution >= 0.6 is 11.8 Å². The molecule has 0 radical (unpaired) electrons. The van der Waals surface area contributed by atoms with Crippen LogP contribution in [0.5, 0.6) is 0 Å². The summed E-state index contributed by atoms with van der Waals surface area (Å²) in [6.07, 6.45) is 1.14. The summed E-state index contributed by atoms with van der Waals surface area (Å²) in [6.45, 7) is 6.53. The number of hydrogen-bond acceptors (Lipinski definition) is 6. The second-order valence-corrected chi connectivity index (χ2v) is 5.70. The van der Waals surface area contributed by atoms with E-state index >= 15 is 0 Å². The number of amides is 2. The van der Waals surface area contributed by atoms with Crippen molar-refractivity contribution >= 4 is 29.5 Å². The molecule has 22 heavy (non-hydrogen) atoms. The number of carboxylic acids is 1. The molecule has 1 aliphatic heterocycles. The van der Waals surface area contributed by atoms with Crippen LogP contribution in [0.25, 0.3) is 0 Å². The quantitative estimate of drug-likeness (QED) is 0.461. The second kappa shape index (κ2) is 10.3. The van der Waals surface area contributed by atoms with Gasteiger partial charge in [0.05, 0.1) is 4.91 Å². The number of aliphatic carboxylic acids is 1. The maximum absolute atomic E-state index is 12.1. The number of halogens is 1. The Balaban J connectivity index is 0.000000980. The van der Waals surface area contributed by atoms with Crippen molar-refractivity contribution in [3.8, 4) is 0 Å². The third-order valence-electron chi connectivity index (χ3n) is 2.63. The summed E-state index contributed by atoms with van der Waals surface area (Å²) in [5.41, 5.74) is 1.13. The van der Waals surface area contributed by atoms with Crippen LogP contribution in [0, 0.1) is 0 Å². The third-order valence-corrected chi connectivity index (χ3v) is 3.73. The topological polar surface area (TPSA) is 98.7 Å². The lowest BCUT2D eigenvalue weighted by molar-refractivity contribution is -0.141. The highest BCUT2D eigenvalue weighted by atomic mass is 32.2. The minimum absolute atomic E-state index is 0.134. The molecule has 1 unspecified atom stereocenters. The molecule has 7 nitrogen and oxygen atoms in total. The van der Waals surface area contributed by atoms with Crippen molar-refractivity contribution in [3.05, 3.63) is 11.0 Å². The van der Waals surface area contributed by atoms with E-state index in [2.05, 4.69) is 12.2 Å². The molecule has 1 rings (SSSR count). The molecular weight excluding hydrogens is 313 g/mol. The minimum atomic E-state index is -1.41. The number of rotatable bonds is 7. The largest absolute Gasteiger partial charge is 0.480 e. The van der Waals surface area contributed by atoms with E-state index < -0.39 is 23.8 Å². The SMILES string of the molecule is CC(C)N1C(=O)C=C(SCC(NF)C(=O)O)C1=O.CCNC. The molecular formula is C13H22FN3O4S. The molecule has 3 N–H and O–H groups in total. The summed E-state index contributed by atoms with van der Waals surface area (Å²) in [5.74, 6) is -2.44. The molecule has 0 saturated heterocycles. The van der Waals surface area contributed by atoms with E-state index in [1.807, 2.05) is 7.05 Å². The van der Waals surface area contributed by atoms with Crippen LogP contribution in [0.2, 0.25) is 0 Å². The third kappa shape index (κ3) is 6.12. The van der Waals surface area contributed by atoms with Gasteiger partial charge in [0.15, 0.2) is 0 Å². The van der Waals surface area contributed by atoms with Gasteiger partial charge < -0.3 is 10.4 Å². The molecule has 0 fully saturated rings. The van der Waals surface area contributed by atoms with Crippen LogP contribution < -0.4 is 10.9 Å². The van der Waals surface area contributed by atoms with Crippen molar-refractivity contribution in [1.29, 1.82) is 0 Å². The van der Waals surface area contributed by atoms with Crippen molar-refractivity contribution in [1.82, 2.24) is 15.8 Å². The summed E-state index contributed by atoms with van der Waals surface area (Å²) in [4.78, 5) is 35.0. The Morgan fingerprint density at radius 1 is 1.45 bits per heavy atom. The number of carboxylic acid groups (broad SMARTS) is 1. The number of carbonyl (C=O) groups excluding carboxylic acids is 2. The minimum Gasteiger partial charge on any atom is -0.480 e. The zero-order valence-corrected chi connectivity index (χ0v) is 13.9. The second-order valence-electron chi connectivity index (χ2n) is 4.63. The fourth-order valence-electron chi connectivity index (χ4n) is 1.38. The van der Waals surface area contributed by atoms with Gasteiger partial charge in [0, 0.05) is 17.9 Å². The summed E-state index contributed by atoms with van der Waals surface area (Å²) in [6, 6.07) is -1.68. The van der Waals surface area contributed by atoms with E-state index in [0.717, 1.165) is 34.8 Å². The highest BCUT2D eigenvalue weighted by Crippen LogP contribution is 2.26. The zero-order chi connectivity index (χ0) is 17.3. The van der Waals surface area contributed by atoms with Crippen LogP contribution in [0.1, 0.15) is 20.8 Å². The first kappa shape index (κ1) is 20.6. The van der Waals surface area contributed by atoms with E-state index in [1.165, 1.54) is 0 Å². The highest BCUT2D eigenvalue weighted by molar-refractivity contribution is 8.04. The lowest BCUT2D eigenvalue weighted by Gasteiger charge is -2.18. The molecule has 0 aromatic heterocycles. The predicted octanol–water partition coefficient (Wildman–Crippen LogP) is 0.534. The van der Waals surface area contributed by atoms with Gasteiger partial charge in [0.2, 0.25) is 0 Å². The summed E-state index contributed by atoms with van der Waals surface area (Å²) >= 11 is 0.844. The van der Waals surface area contributed by atoms with Gasteiger partial charge in [-0.1, -0.05) is 6.92 Å². The van der Waals surface area contributed by atoms with E-state index in [-0.39, 0.29) is 16.7 Å². The molecule has 0 bridgehead atoms. The number of imide groups is 1. The molecule has 126 valence electrons. The normalized spacial score (nSPS) is 15.5. The smallest absolute Gasteiger partial charge is 0.324 e. The lowest BCUT2D eigenvalue weighted by Crippen LogP contribution is -2.37. The summed E-state index contributed by atoms with van der Waals surface area (Å²) in [5, 5.41) is 11.5. The standard InChI is InChI=1S/C10H13FN2O4S.C3H9N/c1-5(2)13-8(14)3-7(9(13)15)18-4-6(12-11)10(16)17;1-3-4-2/h3,5-6,12H,4H2,1-2H3,(H,16,17);4H,3H2,1-2H3.